The number of rotatable bonds is 3. The number of carbonyl (C=O) groups is 2. The first kappa shape index (κ1) is 19.4. The monoisotopic (exact) mass is 436 g/mol. The quantitative estimate of drug-likeness (QED) is 0.479. The van der Waals surface area contributed by atoms with Crippen LogP contribution in [0.4, 0.5) is 11.4 Å². The van der Waals surface area contributed by atoms with Crippen molar-refractivity contribution in [1.29, 1.82) is 0 Å². The molecule has 7 nitrogen and oxygen atoms in total. The van der Waals surface area contributed by atoms with Gasteiger partial charge in [-0.2, -0.15) is 0 Å². The largest absolute Gasteiger partial charge is 0.504 e. The fourth-order valence-electron chi connectivity index (χ4n) is 4.15. The first-order chi connectivity index (χ1) is 15.0. The Kier molecular flexibility index (Phi) is 4.57. The Morgan fingerprint density at radius 1 is 0.806 bits per heavy atom. The molecule has 0 aliphatic carbocycles. The molecule has 0 spiro atoms. The second-order valence-corrected chi connectivity index (χ2v) is 7.83. The normalized spacial score (nSPS) is 22.8. The van der Waals surface area contributed by atoms with Crippen LogP contribution in [0, 0.1) is 5.92 Å². The molecule has 0 radical (unpaired) electrons. The van der Waals surface area contributed by atoms with Crippen LogP contribution in [0.1, 0.15) is 11.6 Å². The molecule has 2 amide bonds. The van der Waals surface area contributed by atoms with Gasteiger partial charge < -0.3 is 10.2 Å². The van der Waals surface area contributed by atoms with Crippen LogP contribution >= 0.6 is 11.6 Å². The minimum Gasteiger partial charge on any atom is -0.504 e. The first-order valence-electron chi connectivity index (χ1n) is 9.62. The molecule has 2 N–H and O–H groups in total. The number of hydrogen-bond acceptors (Lipinski definition) is 6. The van der Waals surface area contributed by atoms with Crippen LogP contribution in [0.2, 0.25) is 5.02 Å². The average molecular weight is 437 g/mol. The number of aromatic hydroxyl groups is 2. The number of phenolic OH excluding ortho intramolecular Hbond substituents is 2. The summed E-state index contributed by atoms with van der Waals surface area (Å²) < 4.78 is 0. The summed E-state index contributed by atoms with van der Waals surface area (Å²) in [7, 11) is 0. The Labute approximate surface area is 182 Å². The van der Waals surface area contributed by atoms with E-state index in [4.69, 9.17) is 16.4 Å². The van der Waals surface area contributed by atoms with E-state index >= 15 is 0 Å². The van der Waals surface area contributed by atoms with Crippen molar-refractivity contribution in [3.8, 4) is 11.5 Å². The van der Waals surface area contributed by atoms with Crippen LogP contribution in [0.5, 0.6) is 11.5 Å². The lowest BCUT2D eigenvalue weighted by atomic mass is 9.90. The first-order valence-corrected chi connectivity index (χ1v) is 10.00. The third-order valence-corrected chi connectivity index (χ3v) is 5.77. The molecule has 2 aliphatic rings. The molecule has 2 fully saturated rings. The second kappa shape index (κ2) is 7.30. The van der Waals surface area contributed by atoms with E-state index in [1.54, 1.807) is 42.5 Å². The van der Waals surface area contributed by atoms with Gasteiger partial charge in [0.05, 0.1) is 17.4 Å². The zero-order chi connectivity index (χ0) is 21.7. The number of carbonyl (C=O) groups excluding carboxylic acids is 2. The van der Waals surface area contributed by atoms with Crippen molar-refractivity contribution in [1.82, 2.24) is 0 Å². The molecule has 2 saturated heterocycles. The molecule has 5 rings (SSSR count). The van der Waals surface area contributed by atoms with Gasteiger partial charge in [0.15, 0.2) is 17.6 Å². The smallest absolute Gasteiger partial charge is 0.266 e. The Hall–Kier alpha value is -3.55. The van der Waals surface area contributed by atoms with Gasteiger partial charge in [-0.1, -0.05) is 41.9 Å². The van der Waals surface area contributed by atoms with Crippen LogP contribution in [0.25, 0.3) is 0 Å². The zero-order valence-corrected chi connectivity index (χ0v) is 16.8. The molecule has 8 heteroatoms. The third kappa shape index (κ3) is 3.10. The SMILES string of the molecule is O=C1[C@H]2[C@H](ON(c3ccccc3)[C@@H]2c2ccc(O)c(O)c2)C(=O)N1c1cccc(Cl)c1. The van der Waals surface area contributed by atoms with Crippen molar-refractivity contribution < 1.29 is 24.6 Å². The standard InChI is InChI=1S/C23H17ClN2O5/c24-14-5-4-8-16(12-14)25-22(29)19-20(13-9-10-17(27)18(28)11-13)26(31-21(19)23(25)30)15-6-2-1-3-7-15/h1-12,19-21,27-28H/t19-,20-,21+/m1/s1. The molecule has 2 heterocycles. The van der Waals surface area contributed by atoms with Crippen LogP contribution in [-0.2, 0) is 14.4 Å². The maximum absolute atomic E-state index is 13.5. The van der Waals surface area contributed by atoms with Crippen LogP contribution in [0.15, 0.2) is 72.8 Å². The summed E-state index contributed by atoms with van der Waals surface area (Å²) >= 11 is 6.06. The van der Waals surface area contributed by atoms with E-state index in [1.165, 1.54) is 17.2 Å². The Bertz CT molecular complexity index is 1190. The second-order valence-electron chi connectivity index (χ2n) is 7.40. The van der Waals surface area contributed by atoms with Crippen molar-refractivity contribution in [2.45, 2.75) is 12.1 Å². The molecule has 3 atom stereocenters. The summed E-state index contributed by atoms with van der Waals surface area (Å²) in [6.45, 7) is 0. The Balaban J connectivity index is 1.61. The number of hydrogen-bond donors (Lipinski definition) is 2. The lowest BCUT2D eigenvalue weighted by Gasteiger charge is -2.28. The third-order valence-electron chi connectivity index (χ3n) is 5.53. The van der Waals surface area contributed by atoms with Crippen molar-refractivity contribution in [2.24, 2.45) is 5.92 Å². The highest BCUT2D eigenvalue weighted by Crippen LogP contribution is 2.48. The molecular formula is C23H17ClN2O5. The van der Waals surface area contributed by atoms with E-state index < -0.39 is 29.9 Å². The van der Waals surface area contributed by atoms with E-state index in [2.05, 4.69) is 0 Å². The van der Waals surface area contributed by atoms with Gasteiger partial charge in [-0.3, -0.25) is 14.4 Å². The molecule has 0 unspecified atom stereocenters. The predicted octanol–water partition coefficient (Wildman–Crippen LogP) is 3.80. The summed E-state index contributed by atoms with van der Waals surface area (Å²) in [5.74, 6) is -2.36. The molecule has 0 bridgehead atoms. The van der Waals surface area contributed by atoms with E-state index in [0.29, 0.717) is 22.0 Å². The van der Waals surface area contributed by atoms with Gasteiger partial charge in [0, 0.05) is 5.02 Å². The van der Waals surface area contributed by atoms with Gasteiger partial charge in [-0.25, -0.2) is 9.96 Å². The molecule has 0 aromatic heterocycles. The fraction of sp³-hybridized carbons (Fsp3) is 0.130. The van der Waals surface area contributed by atoms with Crippen LogP contribution in [-0.4, -0.2) is 28.1 Å². The van der Waals surface area contributed by atoms with Gasteiger partial charge in [-0.05, 0) is 48.0 Å². The summed E-state index contributed by atoms with van der Waals surface area (Å²) in [5.41, 5.74) is 1.56. The summed E-state index contributed by atoms with van der Waals surface area (Å²) in [6.07, 6.45) is -1.03. The molecule has 31 heavy (non-hydrogen) atoms. The molecule has 2 aliphatic heterocycles. The Morgan fingerprint density at radius 3 is 2.26 bits per heavy atom. The van der Waals surface area contributed by atoms with E-state index in [0.717, 1.165) is 4.90 Å². The van der Waals surface area contributed by atoms with E-state index in [1.807, 2.05) is 18.2 Å². The number of benzene rings is 3. The number of imide groups is 1. The van der Waals surface area contributed by atoms with Gasteiger partial charge in [0.2, 0.25) is 5.91 Å². The van der Waals surface area contributed by atoms with Crippen molar-refractivity contribution >= 4 is 34.8 Å². The molecule has 0 saturated carbocycles. The minimum absolute atomic E-state index is 0.278. The highest BCUT2D eigenvalue weighted by molar-refractivity contribution is 6.31. The van der Waals surface area contributed by atoms with Gasteiger partial charge >= 0.3 is 0 Å². The molecule has 156 valence electrons. The number of amides is 2. The van der Waals surface area contributed by atoms with Crippen LogP contribution < -0.4 is 9.96 Å². The summed E-state index contributed by atoms with van der Waals surface area (Å²) in [6, 6.07) is 19.2. The topological polar surface area (TPSA) is 90.3 Å². The number of anilines is 2. The Morgan fingerprint density at radius 2 is 1.55 bits per heavy atom. The number of hydroxylamine groups is 1. The fourth-order valence-corrected chi connectivity index (χ4v) is 4.33. The predicted molar refractivity (Wildman–Crippen MR) is 114 cm³/mol. The average Bonchev–Trinajstić information content (AvgIpc) is 3.27. The van der Waals surface area contributed by atoms with Gasteiger partial charge in [0.25, 0.3) is 5.91 Å². The van der Waals surface area contributed by atoms with Gasteiger partial charge in [0.1, 0.15) is 5.92 Å². The molecular weight excluding hydrogens is 420 g/mol. The van der Waals surface area contributed by atoms with Crippen molar-refractivity contribution in [3.63, 3.8) is 0 Å². The highest BCUT2D eigenvalue weighted by Gasteiger charge is 2.60. The zero-order valence-electron chi connectivity index (χ0n) is 16.1. The summed E-state index contributed by atoms with van der Waals surface area (Å²) in [5, 5.41) is 21.7. The van der Waals surface area contributed by atoms with Crippen LogP contribution in [0.3, 0.4) is 0 Å². The molecule has 3 aromatic carbocycles. The summed E-state index contributed by atoms with van der Waals surface area (Å²) in [4.78, 5) is 33.8. The number of phenols is 2. The van der Waals surface area contributed by atoms with Crippen molar-refractivity contribution in [3.05, 3.63) is 83.4 Å². The number of halogens is 1. The van der Waals surface area contributed by atoms with Crippen molar-refractivity contribution in [2.75, 3.05) is 9.96 Å². The lowest BCUT2D eigenvalue weighted by Crippen LogP contribution is -2.37. The molecule has 3 aromatic rings. The number of fused-ring (bicyclic) bond motifs is 1. The maximum atomic E-state index is 13.5. The van der Waals surface area contributed by atoms with E-state index in [9.17, 15) is 19.8 Å². The maximum Gasteiger partial charge on any atom is 0.266 e. The van der Waals surface area contributed by atoms with Gasteiger partial charge in [-0.15, -0.1) is 0 Å². The number of para-hydroxylation sites is 1. The lowest BCUT2D eigenvalue weighted by molar-refractivity contribution is -0.126. The highest BCUT2D eigenvalue weighted by atomic mass is 35.5. The minimum atomic E-state index is -1.03. The van der Waals surface area contributed by atoms with E-state index in [-0.39, 0.29) is 11.5 Å². The number of nitrogens with zero attached hydrogens (tertiary/aromatic N) is 2.